The van der Waals surface area contributed by atoms with Gasteiger partial charge in [-0.25, -0.2) is 0 Å². The Labute approximate surface area is 111 Å². The number of hydrogen-bond acceptors (Lipinski definition) is 4. The Morgan fingerprint density at radius 3 is 2.24 bits per heavy atom. The molecule has 1 saturated heterocycles. The summed E-state index contributed by atoms with van der Waals surface area (Å²) in [6, 6.07) is 0. The van der Waals surface area contributed by atoms with E-state index in [1.54, 1.807) is 11.8 Å². The molecule has 2 N–H and O–H groups in total. The van der Waals surface area contributed by atoms with E-state index in [1.807, 2.05) is 20.8 Å². The van der Waals surface area contributed by atoms with Gasteiger partial charge < -0.3 is 10.6 Å². The van der Waals surface area contributed by atoms with Gasteiger partial charge in [-0.1, -0.05) is 27.2 Å². The van der Waals surface area contributed by atoms with Crippen LogP contribution in [0.4, 0.5) is 0 Å². The summed E-state index contributed by atoms with van der Waals surface area (Å²) in [6.07, 6.45) is 0.776. The average molecular weight is 274 g/mol. The molecule has 0 aliphatic carbocycles. The van der Waals surface area contributed by atoms with Gasteiger partial charge in [-0.3, -0.25) is 9.59 Å². The number of carbonyl (C=O) groups is 2. The topological polar surface area (TPSA) is 58.2 Å². The molecule has 6 heteroatoms. The lowest BCUT2D eigenvalue weighted by atomic mass is 9.74. The van der Waals surface area contributed by atoms with Crippen molar-refractivity contribution < 1.29 is 9.59 Å². The van der Waals surface area contributed by atoms with Crippen molar-refractivity contribution in [3.05, 3.63) is 0 Å². The van der Waals surface area contributed by atoms with Crippen molar-refractivity contribution in [3.8, 4) is 0 Å². The van der Waals surface area contributed by atoms with Crippen LogP contribution in [0.1, 0.15) is 27.2 Å². The first-order valence-corrected chi connectivity index (χ1v) is 7.29. The smallest absolute Gasteiger partial charge is 0.242 e. The molecule has 1 heterocycles. The zero-order valence-corrected chi connectivity index (χ0v) is 12.0. The number of hydrogen-bond donors (Lipinski definition) is 2. The maximum atomic E-state index is 12.2. The molecule has 0 aromatic heterocycles. The number of carbonyl (C=O) groups excluding carboxylic acids is 2. The maximum absolute atomic E-state index is 12.2. The lowest BCUT2D eigenvalue weighted by molar-refractivity contribution is -0.145. The van der Waals surface area contributed by atoms with Crippen LogP contribution in [0.5, 0.6) is 0 Å². The third-order valence-electron chi connectivity index (χ3n) is 3.25. The summed E-state index contributed by atoms with van der Waals surface area (Å²) in [5.74, 6) is 0.842. The highest BCUT2D eigenvalue weighted by atomic mass is 32.2. The van der Waals surface area contributed by atoms with Crippen molar-refractivity contribution in [1.29, 1.82) is 0 Å². The van der Waals surface area contributed by atoms with Crippen LogP contribution in [0.15, 0.2) is 0 Å². The van der Waals surface area contributed by atoms with Crippen molar-refractivity contribution in [2.45, 2.75) is 27.2 Å². The van der Waals surface area contributed by atoms with Crippen LogP contribution in [-0.2, 0) is 9.59 Å². The molecule has 1 fully saturated rings. The van der Waals surface area contributed by atoms with Crippen LogP contribution in [0.2, 0.25) is 0 Å². The van der Waals surface area contributed by atoms with E-state index in [1.165, 1.54) is 0 Å². The summed E-state index contributed by atoms with van der Waals surface area (Å²) in [5.41, 5.74) is -0.988. The van der Waals surface area contributed by atoms with Gasteiger partial charge in [0, 0.05) is 5.75 Å². The van der Waals surface area contributed by atoms with Crippen molar-refractivity contribution in [1.82, 2.24) is 10.6 Å². The maximum Gasteiger partial charge on any atom is 0.242 e. The summed E-state index contributed by atoms with van der Waals surface area (Å²) in [7, 11) is 0. The molecule has 0 aromatic carbocycles. The van der Waals surface area contributed by atoms with Gasteiger partial charge in [-0.15, -0.1) is 0 Å². The molecule has 0 radical (unpaired) electrons. The van der Waals surface area contributed by atoms with Crippen LogP contribution in [0.25, 0.3) is 0 Å². The summed E-state index contributed by atoms with van der Waals surface area (Å²) in [5, 5.41) is 5.26. The normalized spacial score (nSPS) is 20.8. The second-order valence-corrected chi connectivity index (χ2v) is 5.84. The van der Waals surface area contributed by atoms with E-state index >= 15 is 0 Å². The molecule has 2 amide bonds. The van der Waals surface area contributed by atoms with Crippen LogP contribution in [-0.4, -0.2) is 28.4 Å². The van der Waals surface area contributed by atoms with Crippen LogP contribution in [0.3, 0.4) is 0 Å². The molecule has 1 atom stereocenters. The van der Waals surface area contributed by atoms with Crippen molar-refractivity contribution >= 4 is 40.9 Å². The Hall–Kier alpha value is -0.620. The minimum Gasteiger partial charge on any atom is -0.302 e. The zero-order valence-electron chi connectivity index (χ0n) is 10.3. The minimum atomic E-state index is -0.988. The number of rotatable bonds is 5. The monoisotopic (exact) mass is 274 g/mol. The SMILES string of the molecule is CCSCC1(C(C)CC)C(=O)NC(=S)NC1=O. The molecule has 1 rings (SSSR count). The highest BCUT2D eigenvalue weighted by Gasteiger charge is 2.52. The molecular weight excluding hydrogens is 256 g/mol. The molecule has 1 aliphatic heterocycles. The number of amides is 2. The van der Waals surface area contributed by atoms with E-state index < -0.39 is 5.41 Å². The Morgan fingerprint density at radius 1 is 1.29 bits per heavy atom. The molecule has 17 heavy (non-hydrogen) atoms. The van der Waals surface area contributed by atoms with E-state index in [-0.39, 0.29) is 22.8 Å². The van der Waals surface area contributed by atoms with Gasteiger partial charge in [-0.2, -0.15) is 11.8 Å². The second kappa shape index (κ2) is 5.82. The van der Waals surface area contributed by atoms with Gasteiger partial charge in [0.2, 0.25) is 11.8 Å². The molecule has 0 aromatic rings. The van der Waals surface area contributed by atoms with Gasteiger partial charge in [0.1, 0.15) is 5.41 Å². The fourth-order valence-electron chi connectivity index (χ4n) is 1.90. The third kappa shape index (κ3) is 2.63. The minimum absolute atomic E-state index is 0.00958. The Kier molecular flexibility index (Phi) is 4.94. The van der Waals surface area contributed by atoms with Crippen molar-refractivity contribution in [2.75, 3.05) is 11.5 Å². The molecule has 1 unspecified atom stereocenters. The van der Waals surface area contributed by atoms with Gasteiger partial charge in [0.25, 0.3) is 0 Å². The van der Waals surface area contributed by atoms with Gasteiger partial charge >= 0.3 is 0 Å². The van der Waals surface area contributed by atoms with Gasteiger partial charge in [0.15, 0.2) is 5.11 Å². The summed E-state index contributed by atoms with van der Waals surface area (Å²) in [6.45, 7) is 5.93. The van der Waals surface area contributed by atoms with Crippen molar-refractivity contribution in [2.24, 2.45) is 11.3 Å². The first kappa shape index (κ1) is 14.4. The molecule has 0 saturated carbocycles. The van der Waals surface area contributed by atoms with E-state index in [0.717, 1.165) is 12.2 Å². The third-order valence-corrected chi connectivity index (χ3v) is 4.52. The van der Waals surface area contributed by atoms with Crippen LogP contribution < -0.4 is 10.6 Å². The second-order valence-electron chi connectivity index (χ2n) is 4.16. The predicted molar refractivity (Wildman–Crippen MR) is 73.8 cm³/mol. The number of nitrogens with one attached hydrogen (secondary N) is 2. The molecular formula is C11H18N2O2S2. The number of thiocarbonyl (C=S) groups is 1. The lowest BCUT2D eigenvalue weighted by Gasteiger charge is -2.38. The Balaban J connectivity index is 3.06. The van der Waals surface area contributed by atoms with E-state index in [4.69, 9.17) is 12.2 Å². The highest BCUT2D eigenvalue weighted by Crippen LogP contribution is 2.36. The summed E-state index contributed by atoms with van der Waals surface area (Å²) in [4.78, 5) is 24.3. The molecule has 1 aliphatic rings. The average Bonchev–Trinajstić information content (AvgIpc) is 2.27. The standard InChI is InChI=1S/C11H18N2O2S2/c1-4-7(3)11(6-17-5-2)8(14)12-10(16)13-9(11)15/h7H,4-6H2,1-3H3,(H2,12,13,14,15,16). The van der Waals surface area contributed by atoms with E-state index in [9.17, 15) is 9.59 Å². The lowest BCUT2D eigenvalue weighted by Crippen LogP contribution is -2.65. The molecule has 96 valence electrons. The molecule has 4 nitrogen and oxygen atoms in total. The van der Waals surface area contributed by atoms with Crippen LogP contribution in [0, 0.1) is 11.3 Å². The molecule has 0 spiro atoms. The first-order chi connectivity index (χ1) is 7.98. The predicted octanol–water partition coefficient (Wildman–Crippen LogP) is 1.30. The Bertz CT molecular complexity index is 324. The van der Waals surface area contributed by atoms with Crippen molar-refractivity contribution in [3.63, 3.8) is 0 Å². The zero-order chi connectivity index (χ0) is 13.1. The Morgan fingerprint density at radius 2 is 1.82 bits per heavy atom. The first-order valence-electron chi connectivity index (χ1n) is 5.73. The highest BCUT2D eigenvalue weighted by molar-refractivity contribution is 7.99. The van der Waals surface area contributed by atoms with E-state index in [2.05, 4.69) is 10.6 Å². The quantitative estimate of drug-likeness (QED) is 0.586. The fourth-order valence-corrected chi connectivity index (χ4v) is 3.15. The van der Waals surface area contributed by atoms with Gasteiger partial charge in [0.05, 0.1) is 0 Å². The summed E-state index contributed by atoms with van der Waals surface area (Å²) < 4.78 is 0. The number of thioether (sulfide) groups is 1. The van der Waals surface area contributed by atoms with E-state index in [0.29, 0.717) is 5.75 Å². The fraction of sp³-hybridized carbons (Fsp3) is 0.727. The van der Waals surface area contributed by atoms with Crippen LogP contribution >= 0.6 is 24.0 Å². The largest absolute Gasteiger partial charge is 0.302 e. The van der Waals surface area contributed by atoms with Gasteiger partial charge in [-0.05, 0) is 23.9 Å². The molecule has 0 bridgehead atoms. The summed E-state index contributed by atoms with van der Waals surface area (Å²) >= 11 is 6.43.